The predicted molar refractivity (Wildman–Crippen MR) is 65.5 cm³/mol. The van der Waals surface area contributed by atoms with Crippen molar-refractivity contribution >= 4 is 0 Å². The van der Waals surface area contributed by atoms with Crippen LogP contribution in [-0.2, 0) is 0 Å². The van der Waals surface area contributed by atoms with E-state index < -0.39 is 5.95 Å². The van der Waals surface area contributed by atoms with Gasteiger partial charge >= 0.3 is 0 Å². The van der Waals surface area contributed by atoms with Gasteiger partial charge in [0.2, 0.25) is 5.95 Å². The van der Waals surface area contributed by atoms with E-state index in [0.717, 1.165) is 11.3 Å². The number of pyridine rings is 1. The minimum absolute atomic E-state index is 0.0512. The topological polar surface area (TPSA) is 45.9 Å². The van der Waals surface area contributed by atoms with Crippen LogP contribution in [0.3, 0.4) is 0 Å². The van der Waals surface area contributed by atoms with Gasteiger partial charge in [0, 0.05) is 5.56 Å². The normalized spacial score (nSPS) is 9.83. The Balaban J connectivity index is 2.31. The Morgan fingerprint density at radius 1 is 1.22 bits per heavy atom. The van der Waals surface area contributed by atoms with E-state index in [1.807, 2.05) is 6.92 Å². The van der Waals surface area contributed by atoms with Crippen molar-refractivity contribution < 1.29 is 9.13 Å². The lowest BCUT2D eigenvalue weighted by atomic mass is 10.1. The van der Waals surface area contributed by atoms with Gasteiger partial charge in [-0.15, -0.1) is 0 Å². The van der Waals surface area contributed by atoms with Crippen LogP contribution in [0, 0.1) is 17.3 Å². The Morgan fingerprint density at radius 2 is 1.94 bits per heavy atom. The molecule has 2 aromatic rings. The van der Waals surface area contributed by atoms with Crippen molar-refractivity contribution in [3.63, 3.8) is 0 Å². The van der Waals surface area contributed by atoms with Gasteiger partial charge in [-0.05, 0) is 43.3 Å². The first-order valence-electron chi connectivity index (χ1n) is 5.54. The molecular weight excluding hydrogens is 231 g/mol. The molecule has 1 aromatic carbocycles. The molecule has 0 aliphatic rings. The lowest BCUT2D eigenvalue weighted by molar-refractivity contribution is 0.340. The second-order valence-corrected chi connectivity index (χ2v) is 3.60. The number of nitriles is 1. The molecule has 0 fully saturated rings. The molecule has 0 unspecified atom stereocenters. The highest BCUT2D eigenvalue weighted by atomic mass is 19.1. The summed E-state index contributed by atoms with van der Waals surface area (Å²) in [7, 11) is 0. The maximum atomic E-state index is 13.4. The molecule has 0 bridgehead atoms. The Morgan fingerprint density at radius 3 is 2.50 bits per heavy atom. The van der Waals surface area contributed by atoms with Gasteiger partial charge in [0.15, 0.2) is 0 Å². The number of nitrogens with zero attached hydrogens (tertiary/aromatic N) is 2. The standard InChI is InChI=1S/C14H11FN2O/c1-2-18-12-6-3-10(4-7-12)13-8-5-11(9-16)14(15)17-13/h3-8H,2H2,1H3. The summed E-state index contributed by atoms with van der Waals surface area (Å²) in [4.78, 5) is 3.76. The molecule has 18 heavy (non-hydrogen) atoms. The van der Waals surface area contributed by atoms with E-state index in [4.69, 9.17) is 10.00 Å². The lowest BCUT2D eigenvalue weighted by Crippen LogP contribution is -1.93. The van der Waals surface area contributed by atoms with Gasteiger partial charge in [-0.2, -0.15) is 9.65 Å². The minimum atomic E-state index is -0.746. The molecular formula is C14H11FN2O. The van der Waals surface area contributed by atoms with Crippen molar-refractivity contribution in [3.8, 4) is 23.1 Å². The Hall–Kier alpha value is -2.41. The molecule has 0 amide bonds. The first-order valence-corrected chi connectivity index (χ1v) is 5.54. The number of rotatable bonds is 3. The molecule has 0 radical (unpaired) electrons. The average molecular weight is 242 g/mol. The van der Waals surface area contributed by atoms with Crippen LogP contribution in [0.1, 0.15) is 12.5 Å². The van der Waals surface area contributed by atoms with Gasteiger partial charge in [0.1, 0.15) is 17.4 Å². The minimum Gasteiger partial charge on any atom is -0.494 e. The summed E-state index contributed by atoms with van der Waals surface area (Å²) in [6.45, 7) is 2.51. The van der Waals surface area contributed by atoms with E-state index in [1.165, 1.54) is 6.07 Å². The number of aromatic nitrogens is 1. The Labute approximate surface area is 104 Å². The van der Waals surface area contributed by atoms with Gasteiger partial charge in [0.25, 0.3) is 0 Å². The number of ether oxygens (including phenoxy) is 1. The fraction of sp³-hybridized carbons (Fsp3) is 0.143. The van der Waals surface area contributed by atoms with Gasteiger partial charge in [-0.3, -0.25) is 0 Å². The molecule has 0 saturated heterocycles. The number of hydrogen-bond acceptors (Lipinski definition) is 3. The van der Waals surface area contributed by atoms with E-state index in [9.17, 15) is 4.39 Å². The summed E-state index contributed by atoms with van der Waals surface area (Å²) < 4.78 is 18.7. The smallest absolute Gasteiger partial charge is 0.231 e. The van der Waals surface area contributed by atoms with Crippen molar-refractivity contribution in [2.75, 3.05) is 6.61 Å². The molecule has 1 aromatic heterocycles. The monoisotopic (exact) mass is 242 g/mol. The van der Waals surface area contributed by atoms with Gasteiger partial charge in [-0.25, -0.2) is 4.98 Å². The van der Waals surface area contributed by atoms with Crippen LogP contribution in [0.15, 0.2) is 36.4 Å². The largest absolute Gasteiger partial charge is 0.494 e. The fourth-order valence-electron chi connectivity index (χ4n) is 1.57. The molecule has 90 valence electrons. The summed E-state index contributed by atoms with van der Waals surface area (Å²) in [6, 6.07) is 12.0. The van der Waals surface area contributed by atoms with E-state index in [2.05, 4.69) is 4.98 Å². The molecule has 4 heteroatoms. The van der Waals surface area contributed by atoms with Gasteiger partial charge in [0.05, 0.1) is 12.3 Å². The van der Waals surface area contributed by atoms with Crippen molar-refractivity contribution in [1.82, 2.24) is 4.98 Å². The van der Waals surface area contributed by atoms with E-state index in [-0.39, 0.29) is 5.56 Å². The maximum absolute atomic E-state index is 13.4. The first kappa shape index (κ1) is 12.1. The summed E-state index contributed by atoms with van der Waals surface area (Å²) >= 11 is 0. The molecule has 1 heterocycles. The first-order chi connectivity index (χ1) is 8.74. The van der Waals surface area contributed by atoms with Crippen LogP contribution < -0.4 is 4.74 Å². The zero-order valence-electron chi connectivity index (χ0n) is 9.85. The third kappa shape index (κ3) is 2.46. The molecule has 0 aliphatic heterocycles. The summed E-state index contributed by atoms with van der Waals surface area (Å²) in [5.41, 5.74) is 1.22. The van der Waals surface area contributed by atoms with Gasteiger partial charge in [-0.1, -0.05) is 0 Å². The summed E-state index contributed by atoms with van der Waals surface area (Å²) in [6.07, 6.45) is 0. The molecule has 3 nitrogen and oxygen atoms in total. The van der Waals surface area contributed by atoms with E-state index in [1.54, 1.807) is 36.4 Å². The van der Waals surface area contributed by atoms with E-state index in [0.29, 0.717) is 12.3 Å². The molecule has 0 aliphatic carbocycles. The highest BCUT2D eigenvalue weighted by molar-refractivity contribution is 5.60. The van der Waals surface area contributed by atoms with Crippen LogP contribution in [0.5, 0.6) is 5.75 Å². The van der Waals surface area contributed by atoms with Crippen LogP contribution >= 0.6 is 0 Å². The van der Waals surface area contributed by atoms with Crippen molar-refractivity contribution in [3.05, 3.63) is 47.9 Å². The number of hydrogen-bond donors (Lipinski definition) is 0. The zero-order valence-corrected chi connectivity index (χ0v) is 9.85. The molecule has 0 spiro atoms. The second-order valence-electron chi connectivity index (χ2n) is 3.60. The van der Waals surface area contributed by atoms with Crippen molar-refractivity contribution in [2.45, 2.75) is 6.92 Å². The van der Waals surface area contributed by atoms with E-state index >= 15 is 0 Å². The zero-order chi connectivity index (χ0) is 13.0. The Bertz CT molecular complexity index is 588. The molecule has 2 rings (SSSR count). The van der Waals surface area contributed by atoms with Crippen LogP contribution in [0.4, 0.5) is 4.39 Å². The third-order valence-electron chi connectivity index (χ3n) is 2.43. The third-order valence-corrected chi connectivity index (χ3v) is 2.43. The molecule has 0 saturated carbocycles. The van der Waals surface area contributed by atoms with Crippen LogP contribution in [0.2, 0.25) is 0 Å². The van der Waals surface area contributed by atoms with Crippen LogP contribution in [-0.4, -0.2) is 11.6 Å². The highest BCUT2D eigenvalue weighted by Crippen LogP contribution is 2.21. The molecule has 0 atom stereocenters. The summed E-state index contributed by atoms with van der Waals surface area (Å²) in [5, 5.41) is 8.63. The van der Waals surface area contributed by atoms with Gasteiger partial charge < -0.3 is 4.74 Å². The molecule has 0 N–H and O–H groups in total. The fourth-order valence-corrected chi connectivity index (χ4v) is 1.57. The lowest BCUT2D eigenvalue weighted by Gasteiger charge is -2.05. The summed E-state index contributed by atoms with van der Waals surface area (Å²) in [5.74, 6) is 0.0132. The second kappa shape index (κ2) is 5.28. The Kier molecular flexibility index (Phi) is 3.54. The quantitative estimate of drug-likeness (QED) is 0.776. The van der Waals surface area contributed by atoms with Crippen molar-refractivity contribution in [2.24, 2.45) is 0 Å². The predicted octanol–water partition coefficient (Wildman–Crippen LogP) is 3.16. The number of halogens is 1. The number of benzene rings is 1. The maximum Gasteiger partial charge on any atom is 0.231 e. The SMILES string of the molecule is CCOc1ccc(-c2ccc(C#N)c(F)n2)cc1. The van der Waals surface area contributed by atoms with Crippen LogP contribution in [0.25, 0.3) is 11.3 Å². The highest BCUT2D eigenvalue weighted by Gasteiger charge is 2.06. The van der Waals surface area contributed by atoms with Crippen molar-refractivity contribution in [1.29, 1.82) is 5.26 Å². The average Bonchev–Trinajstić information content (AvgIpc) is 2.40.